The second kappa shape index (κ2) is 5.35. The molecule has 2 aromatic rings. The van der Waals surface area contributed by atoms with Crippen molar-refractivity contribution in [1.29, 1.82) is 0 Å². The number of halogens is 1. The molecule has 0 amide bonds. The van der Waals surface area contributed by atoms with E-state index >= 15 is 0 Å². The summed E-state index contributed by atoms with van der Waals surface area (Å²) in [5.41, 5.74) is 7.25. The highest BCUT2D eigenvalue weighted by molar-refractivity contribution is 5.79. The third-order valence-corrected chi connectivity index (χ3v) is 2.94. The van der Waals surface area contributed by atoms with E-state index in [2.05, 4.69) is 16.8 Å². The van der Waals surface area contributed by atoms with Gasteiger partial charge in [0, 0.05) is 32.7 Å². The molecule has 0 saturated carbocycles. The summed E-state index contributed by atoms with van der Waals surface area (Å²) in [6.07, 6.45) is 1.04. The van der Waals surface area contributed by atoms with E-state index < -0.39 is 0 Å². The van der Waals surface area contributed by atoms with Gasteiger partial charge in [0.2, 0.25) is 5.95 Å². The van der Waals surface area contributed by atoms with Crippen LogP contribution in [0.25, 0.3) is 11.0 Å². The highest BCUT2D eigenvalue weighted by atomic mass is 19.1. The number of benzene rings is 1. The van der Waals surface area contributed by atoms with Crippen molar-refractivity contribution in [3.8, 4) is 0 Å². The minimum absolute atomic E-state index is 0.260. The Bertz CT molecular complexity index is 535. The van der Waals surface area contributed by atoms with E-state index in [1.165, 1.54) is 12.1 Å². The number of hydrogen-bond donors (Lipinski definition) is 1. The standard InChI is InChI=1S/C13H19FN4/c1-3-7-17(2)13-16-11-9-10(14)4-5-12(11)18(13)8-6-15/h4-5,9H,3,6-8,15H2,1-2H3. The topological polar surface area (TPSA) is 47.1 Å². The van der Waals surface area contributed by atoms with Gasteiger partial charge >= 0.3 is 0 Å². The van der Waals surface area contributed by atoms with Gasteiger partial charge in [-0.2, -0.15) is 0 Å². The van der Waals surface area contributed by atoms with E-state index in [-0.39, 0.29) is 5.82 Å². The number of rotatable bonds is 5. The van der Waals surface area contributed by atoms with Crippen molar-refractivity contribution in [3.63, 3.8) is 0 Å². The molecule has 98 valence electrons. The minimum atomic E-state index is -0.260. The summed E-state index contributed by atoms with van der Waals surface area (Å²) in [6.45, 7) is 4.25. The molecule has 1 aromatic carbocycles. The van der Waals surface area contributed by atoms with E-state index in [1.54, 1.807) is 6.07 Å². The molecule has 0 aliphatic carbocycles. The molecule has 0 fully saturated rings. The molecular weight excluding hydrogens is 231 g/mol. The lowest BCUT2D eigenvalue weighted by molar-refractivity contribution is 0.629. The largest absolute Gasteiger partial charge is 0.345 e. The SMILES string of the molecule is CCCN(C)c1nc2cc(F)ccc2n1CCN. The summed E-state index contributed by atoms with van der Waals surface area (Å²) in [5.74, 6) is 0.590. The van der Waals surface area contributed by atoms with Gasteiger partial charge in [-0.15, -0.1) is 0 Å². The van der Waals surface area contributed by atoms with Gasteiger partial charge in [-0.05, 0) is 18.6 Å². The predicted molar refractivity (Wildman–Crippen MR) is 72.3 cm³/mol. The predicted octanol–water partition coefficient (Wildman–Crippen LogP) is 1.98. The summed E-state index contributed by atoms with van der Waals surface area (Å²) in [6, 6.07) is 4.68. The number of hydrogen-bond acceptors (Lipinski definition) is 3. The van der Waals surface area contributed by atoms with Gasteiger partial charge in [-0.1, -0.05) is 6.92 Å². The van der Waals surface area contributed by atoms with Crippen molar-refractivity contribution in [2.24, 2.45) is 5.73 Å². The molecule has 1 aromatic heterocycles. The van der Waals surface area contributed by atoms with Crippen LogP contribution in [0.2, 0.25) is 0 Å². The fourth-order valence-corrected chi connectivity index (χ4v) is 2.17. The molecule has 0 spiro atoms. The first kappa shape index (κ1) is 12.8. The lowest BCUT2D eigenvalue weighted by Gasteiger charge is -2.18. The monoisotopic (exact) mass is 250 g/mol. The Morgan fingerprint density at radius 3 is 2.89 bits per heavy atom. The maximum absolute atomic E-state index is 13.2. The van der Waals surface area contributed by atoms with Crippen molar-refractivity contribution in [2.45, 2.75) is 19.9 Å². The van der Waals surface area contributed by atoms with Crippen LogP contribution in [0.15, 0.2) is 18.2 Å². The summed E-state index contributed by atoms with van der Waals surface area (Å²) in [5, 5.41) is 0. The van der Waals surface area contributed by atoms with E-state index in [1.807, 2.05) is 11.6 Å². The fraction of sp³-hybridized carbons (Fsp3) is 0.462. The minimum Gasteiger partial charge on any atom is -0.345 e. The number of aromatic nitrogens is 2. The third-order valence-electron chi connectivity index (χ3n) is 2.94. The Labute approximate surface area is 106 Å². The summed E-state index contributed by atoms with van der Waals surface area (Å²) < 4.78 is 15.3. The molecule has 0 unspecified atom stereocenters. The Hall–Kier alpha value is -1.62. The van der Waals surface area contributed by atoms with Gasteiger partial charge in [0.1, 0.15) is 5.82 Å². The lowest BCUT2D eigenvalue weighted by Crippen LogP contribution is -2.23. The fourth-order valence-electron chi connectivity index (χ4n) is 2.17. The van der Waals surface area contributed by atoms with Crippen LogP contribution in [-0.2, 0) is 6.54 Å². The number of anilines is 1. The lowest BCUT2D eigenvalue weighted by atomic mass is 10.3. The first-order chi connectivity index (χ1) is 8.67. The van der Waals surface area contributed by atoms with Crippen LogP contribution in [0.5, 0.6) is 0 Å². The van der Waals surface area contributed by atoms with E-state index in [0.717, 1.165) is 24.4 Å². The van der Waals surface area contributed by atoms with Crippen LogP contribution in [0.3, 0.4) is 0 Å². The Balaban J connectivity index is 2.53. The maximum atomic E-state index is 13.2. The molecule has 0 aliphatic rings. The molecule has 5 heteroatoms. The number of fused-ring (bicyclic) bond motifs is 1. The smallest absolute Gasteiger partial charge is 0.206 e. The van der Waals surface area contributed by atoms with Crippen molar-refractivity contribution < 1.29 is 4.39 Å². The van der Waals surface area contributed by atoms with E-state index in [9.17, 15) is 4.39 Å². The Morgan fingerprint density at radius 1 is 1.44 bits per heavy atom. The molecule has 0 saturated heterocycles. The van der Waals surface area contributed by atoms with Crippen LogP contribution >= 0.6 is 0 Å². The number of nitrogens with zero attached hydrogens (tertiary/aromatic N) is 3. The second-order valence-corrected chi connectivity index (χ2v) is 4.41. The average Bonchev–Trinajstić information content (AvgIpc) is 2.68. The maximum Gasteiger partial charge on any atom is 0.206 e. The molecular formula is C13H19FN4. The first-order valence-electron chi connectivity index (χ1n) is 6.24. The van der Waals surface area contributed by atoms with Crippen molar-refractivity contribution in [2.75, 3.05) is 25.0 Å². The molecule has 2 rings (SSSR count). The highest BCUT2D eigenvalue weighted by Crippen LogP contribution is 2.22. The molecule has 0 bridgehead atoms. The second-order valence-electron chi connectivity index (χ2n) is 4.41. The van der Waals surface area contributed by atoms with Gasteiger partial charge in [0.05, 0.1) is 11.0 Å². The van der Waals surface area contributed by atoms with Gasteiger partial charge in [-0.3, -0.25) is 0 Å². The summed E-state index contributed by atoms with van der Waals surface area (Å²) >= 11 is 0. The van der Waals surface area contributed by atoms with Crippen LogP contribution in [0.4, 0.5) is 10.3 Å². The first-order valence-corrected chi connectivity index (χ1v) is 6.24. The Morgan fingerprint density at radius 2 is 2.22 bits per heavy atom. The van der Waals surface area contributed by atoms with Gasteiger partial charge in [0.15, 0.2) is 0 Å². The van der Waals surface area contributed by atoms with Crippen LogP contribution in [0.1, 0.15) is 13.3 Å². The number of imidazole rings is 1. The zero-order chi connectivity index (χ0) is 13.1. The van der Waals surface area contributed by atoms with Gasteiger partial charge in [0.25, 0.3) is 0 Å². The summed E-state index contributed by atoms with van der Waals surface area (Å²) in [7, 11) is 1.99. The van der Waals surface area contributed by atoms with Crippen LogP contribution < -0.4 is 10.6 Å². The van der Waals surface area contributed by atoms with Crippen molar-refractivity contribution in [1.82, 2.24) is 9.55 Å². The number of nitrogens with two attached hydrogens (primary N) is 1. The molecule has 0 radical (unpaired) electrons. The average molecular weight is 250 g/mol. The Kier molecular flexibility index (Phi) is 3.81. The normalized spacial score (nSPS) is 11.1. The molecule has 1 heterocycles. The highest BCUT2D eigenvalue weighted by Gasteiger charge is 2.13. The molecule has 18 heavy (non-hydrogen) atoms. The zero-order valence-electron chi connectivity index (χ0n) is 10.9. The molecule has 4 nitrogen and oxygen atoms in total. The van der Waals surface area contributed by atoms with Crippen LogP contribution in [-0.4, -0.2) is 29.7 Å². The molecule has 0 aliphatic heterocycles. The molecule has 0 atom stereocenters. The van der Waals surface area contributed by atoms with E-state index in [4.69, 9.17) is 5.73 Å². The van der Waals surface area contributed by atoms with Crippen molar-refractivity contribution in [3.05, 3.63) is 24.0 Å². The quantitative estimate of drug-likeness (QED) is 0.882. The van der Waals surface area contributed by atoms with Crippen LogP contribution in [0, 0.1) is 5.82 Å². The van der Waals surface area contributed by atoms with Crippen molar-refractivity contribution >= 4 is 17.0 Å². The summed E-state index contributed by atoms with van der Waals surface area (Å²) in [4.78, 5) is 6.58. The van der Waals surface area contributed by atoms with Gasteiger partial charge < -0.3 is 15.2 Å². The molecule has 2 N–H and O–H groups in total. The van der Waals surface area contributed by atoms with E-state index in [0.29, 0.717) is 18.6 Å². The zero-order valence-corrected chi connectivity index (χ0v) is 10.9. The van der Waals surface area contributed by atoms with Gasteiger partial charge in [-0.25, -0.2) is 9.37 Å². The third kappa shape index (κ3) is 2.31.